The summed E-state index contributed by atoms with van der Waals surface area (Å²) in [7, 11) is 4.26. The SMILES string of the molecule is CSc1ccc(CC(=O)NC[C@H]2CN(C)CCN2C)cc1. The lowest BCUT2D eigenvalue weighted by molar-refractivity contribution is -0.120. The average molecular weight is 307 g/mol. The van der Waals surface area contributed by atoms with Gasteiger partial charge in [0.1, 0.15) is 0 Å². The molecule has 0 bridgehead atoms. The number of piperazine rings is 1. The Balaban J connectivity index is 1.78. The third-order valence-electron chi connectivity index (χ3n) is 4.04. The molecule has 0 unspecified atom stereocenters. The van der Waals surface area contributed by atoms with Gasteiger partial charge in [-0.05, 0) is 38.0 Å². The van der Waals surface area contributed by atoms with Crippen molar-refractivity contribution in [1.82, 2.24) is 15.1 Å². The minimum Gasteiger partial charge on any atom is -0.354 e. The molecule has 1 aromatic rings. The topological polar surface area (TPSA) is 35.6 Å². The fourth-order valence-corrected chi connectivity index (χ4v) is 2.95. The third-order valence-corrected chi connectivity index (χ3v) is 4.78. The molecule has 21 heavy (non-hydrogen) atoms. The quantitative estimate of drug-likeness (QED) is 0.832. The Hall–Kier alpha value is -1.04. The number of amides is 1. The Kier molecular flexibility index (Phi) is 6.08. The van der Waals surface area contributed by atoms with Gasteiger partial charge in [-0.25, -0.2) is 0 Å². The molecule has 0 aromatic heterocycles. The van der Waals surface area contributed by atoms with Gasteiger partial charge in [-0.1, -0.05) is 12.1 Å². The highest BCUT2D eigenvalue weighted by Crippen LogP contribution is 2.15. The number of benzene rings is 1. The normalized spacial score (nSPS) is 20.4. The molecule has 0 aliphatic carbocycles. The van der Waals surface area contributed by atoms with E-state index in [4.69, 9.17) is 0 Å². The van der Waals surface area contributed by atoms with E-state index < -0.39 is 0 Å². The highest BCUT2D eigenvalue weighted by atomic mass is 32.2. The number of nitrogens with zero attached hydrogens (tertiary/aromatic N) is 2. The van der Waals surface area contributed by atoms with E-state index in [2.05, 4.69) is 47.6 Å². The first-order chi connectivity index (χ1) is 10.1. The van der Waals surface area contributed by atoms with Crippen LogP contribution in [0.1, 0.15) is 5.56 Å². The second kappa shape index (κ2) is 7.82. The fraction of sp³-hybridized carbons (Fsp3) is 0.562. The van der Waals surface area contributed by atoms with Crippen LogP contribution in [0.2, 0.25) is 0 Å². The second-order valence-corrected chi connectivity index (χ2v) is 6.61. The van der Waals surface area contributed by atoms with Gasteiger partial charge < -0.3 is 10.2 Å². The van der Waals surface area contributed by atoms with Crippen molar-refractivity contribution in [3.05, 3.63) is 29.8 Å². The Labute approximate surface area is 131 Å². The van der Waals surface area contributed by atoms with Gasteiger partial charge in [-0.2, -0.15) is 0 Å². The Morgan fingerprint density at radius 2 is 2.00 bits per heavy atom. The van der Waals surface area contributed by atoms with Crippen LogP contribution >= 0.6 is 11.8 Å². The molecule has 1 atom stereocenters. The van der Waals surface area contributed by atoms with Gasteiger partial charge in [0.05, 0.1) is 6.42 Å². The maximum Gasteiger partial charge on any atom is 0.224 e. The molecule has 1 N–H and O–H groups in total. The summed E-state index contributed by atoms with van der Waals surface area (Å²) in [6.45, 7) is 3.90. The van der Waals surface area contributed by atoms with Crippen LogP contribution in [0.3, 0.4) is 0 Å². The summed E-state index contributed by atoms with van der Waals surface area (Å²) < 4.78 is 0. The molecule has 1 fully saturated rings. The monoisotopic (exact) mass is 307 g/mol. The van der Waals surface area contributed by atoms with Gasteiger partial charge in [-0.3, -0.25) is 9.69 Å². The molecule has 4 nitrogen and oxygen atoms in total. The van der Waals surface area contributed by atoms with E-state index in [1.54, 1.807) is 11.8 Å². The molecule has 1 heterocycles. The molecule has 0 radical (unpaired) electrons. The zero-order chi connectivity index (χ0) is 15.2. The number of carbonyl (C=O) groups is 1. The van der Waals surface area contributed by atoms with E-state index in [-0.39, 0.29) is 5.91 Å². The first kappa shape index (κ1) is 16.3. The Morgan fingerprint density at radius 1 is 1.29 bits per heavy atom. The lowest BCUT2D eigenvalue weighted by Crippen LogP contribution is -2.54. The van der Waals surface area contributed by atoms with Crippen LogP contribution in [0, 0.1) is 0 Å². The van der Waals surface area contributed by atoms with Crippen LogP contribution in [-0.4, -0.2) is 68.3 Å². The molecule has 116 valence electrons. The van der Waals surface area contributed by atoms with Crippen molar-refractivity contribution in [2.45, 2.75) is 17.4 Å². The van der Waals surface area contributed by atoms with Crippen LogP contribution < -0.4 is 5.32 Å². The summed E-state index contributed by atoms with van der Waals surface area (Å²) in [6.07, 6.45) is 2.51. The van der Waals surface area contributed by atoms with Crippen molar-refractivity contribution in [3.8, 4) is 0 Å². The smallest absolute Gasteiger partial charge is 0.224 e. The van der Waals surface area contributed by atoms with E-state index in [1.807, 2.05) is 12.1 Å². The standard InChI is InChI=1S/C16H25N3OS/c1-18-8-9-19(2)14(12-18)11-17-16(20)10-13-4-6-15(21-3)7-5-13/h4-7,14H,8-12H2,1-3H3,(H,17,20)/t14-/m0/s1. The van der Waals surface area contributed by atoms with Crippen molar-refractivity contribution in [1.29, 1.82) is 0 Å². The molecular weight excluding hydrogens is 282 g/mol. The highest BCUT2D eigenvalue weighted by Gasteiger charge is 2.22. The summed E-state index contributed by atoms with van der Waals surface area (Å²) in [6, 6.07) is 8.61. The maximum atomic E-state index is 12.0. The van der Waals surface area contributed by atoms with Gasteiger partial charge in [0.15, 0.2) is 0 Å². The zero-order valence-electron chi connectivity index (χ0n) is 13.1. The molecule has 0 saturated carbocycles. The number of likely N-dealkylation sites (N-methyl/N-ethyl adjacent to an activating group) is 2. The summed E-state index contributed by atoms with van der Waals surface area (Å²) in [5.41, 5.74) is 1.07. The van der Waals surface area contributed by atoms with Crippen LogP contribution in [0.5, 0.6) is 0 Å². The van der Waals surface area contributed by atoms with Gasteiger partial charge in [0.2, 0.25) is 5.91 Å². The average Bonchev–Trinajstić information content (AvgIpc) is 2.49. The number of hydrogen-bond acceptors (Lipinski definition) is 4. The van der Waals surface area contributed by atoms with Gasteiger partial charge >= 0.3 is 0 Å². The number of nitrogens with one attached hydrogen (secondary N) is 1. The molecule has 1 aromatic carbocycles. The molecule has 5 heteroatoms. The number of hydrogen-bond donors (Lipinski definition) is 1. The Bertz CT molecular complexity index is 463. The van der Waals surface area contributed by atoms with E-state index in [9.17, 15) is 4.79 Å². The predicted octanol–water partition coefficient (Wildman–Crippen LogP) is 1.31. The third kappa shape index (κ3) is 5.02. The first-order valence-corrected chi connectivity index (χ1v) is 8.59. The van der Waals surface area contributed by atoms with E-state index >= 15 is 0 Å². The van der Waals surface area contributed by atoms with Gasteiger partial charge in [-0.15, -0.1) is 11.8 Å². The molecular formula is C16H25N3OS. The predicted molar refractivity (Wildman–Crippen MR) is 88.9 cm³/mol. The second-order valence-electron chi connectivity index (χ2n) is 5.73. The van der Waals surface area contributed by atoms with Crippen LogP contribution in [0.15, 0.2) is 29.2 Å². The van der Waals surface area contributed by atoms with Crippen LogP contribution in [-0.2, 0) is 11.2 Å². The van der Waals surface area contributed by atoms with E-state index in [0.717, 1.165) is 31.7 Å². The first-order valence-electron chi connectivity index (χ1n) is 7.37. The van der Waals surface area contributed by atoms with Crippen molar-refractivity contribution < 1.29 is 4.79 Å². The number of rotatable bonds is 5. The summed E-state index contributed by atoms with van der Waals surface area (Å²) in [5.74, 6) is 0.105. The van der Waals surface area contributed by atoms with Crippen molar-refractivity contribution in [2.75, 3.05) is 46.5 Å². The zero-order valence-corrected chi connectivity index (χ0v) is 13.9. The number of carbonyl (C=O) groups excluding carboxylic acids is 1. The number of thioether (sulfide) groups is 1. The van der Waals surface area contributed by atoms with E-state index in [1.165, 1.54) is 4.90 Å². The molecule has 1 saturated heterocycles. The van der Waals surface area contributed by atoms with Crippen LogP contribution in [0.25, 0.3) is 0 Å². The fourth-order valence-electron chi connectivity index (χ4n) is 2.54. The largest absolute Gasteiger partial charge is 0.354 e. The Morgan fingerprint density at radius 3 is 2.67 bits per heavy atom. The molecule has 0 spiro atoms. The minimum atomic E-state index is 0.105. The van der Waals surface area contributed by atoms with Crippen molar-refractivity contribution >= 4 is 17.7 Å². The minimum absolute atomic E-state index is 0.105. The summed E-state index contributed by atoms with van der Waals surface area (Å²) >= 11 is 1.72. The van der Waals surface area contributed by atoms with Crippen molar-refractivity contribution in [2.24, 2.45) is 0 Å². The van der Waals surface area contributed by atoms with E-state index in [0.29, 0.717) is 12.5 Å². The molecule has 1 aliphatic heterocycles. The van der Waals surface area contributed by atoms with Gasteiger partial charge in [0, 0.05) is 37.1 Å². The summed E-state index contributed by atoms with van der Waals surface area (Å²) in [5, 5.41) is 3.07. The lowest BCUT2D eigenvalue weighted by atomic mass is 10.1. The van der Waals surface area contributed by atoms with Crippen LogP contribution in [0.4, 0.5) is 0 Å². The molecule has 1 aliphatic rings. The maximum absolute atomic E-state index is 12.0. The molecule has 2 rings (SSSR count). The highest BCUT2D eigenvalue weighted by molar-refractivity contribution is 7.98. The molecule has 1 amide bonds. The van der Waals surface area contributed by atoms with Crippen molar-refractivity contribution in [3.63, 3.8) is 0 Å². The summed E-state index contributed by atoms with van der Waals surface area (Å²) in [4.78, 5) is 17.9. The lowest BCUT2D eigenvalue weighted by Gasteiger charge is -2.37. The van der Waals surface area contributed by atoms with Gasteiger partial charge in [0.25, 0.3) is 0 Å².